The van der Waals surface area contributed by atoms with Crippen LogP contribution in [0.1, 0.15) is 5.56 Å². The van der Waals surface area contributed by atoms with Crippen molar-refractivity contribution in [2.75, 3.05) is 25.6 Å². The van der Waals surface area contributed by atoms with Gasteiger partial charge in [0.15, 0.2) is 11.5 Å². The Morgan fingerprint density at radius 3 is 2.80 bits per heavy atom. The van der Waals surface area contributed by atoms with Crippen LogP contribution in [0.25, 0.3) is 0 Å². The van der Waals surface area contributed by atoms with E-state index in [2.05, 4.69) is 30.1 Å². The van der Waals surface area contributed by atoms with E-state index in [0.717, 1.165) is 24.5 Å². The summed E-state index contributed by atoms with van der Waals surface area (Å²) in [6, 6.07) is 6.10. The van der Waals surface area contributed by atoms with Gasteiger partial charge in [0.2, 0.25) is 0 Å². The number of thiol groups is 1. The predicted molar refractivity (Wildman–Crippen MR) is 63.0 cm³/mol. The summed E-state index contributed by atoms with van der Waals surface area (Å²) < 4.78 is 11.0. The summed E-state index contributed by atoms with van der Waals surface area (Å²) in [6.07, 6.45) is 0.983. The molecule has 1 heterocycles. The van der Waals surface area contributed by atoms with Crippen LogP contribution in [0.3, 0.4) is 0 Å². The maximum Gasteiger partial charge on any atom is 0.161 e. The van der Waals surface area contributed by atoms with Crippen LogP contribution in [0.5, 0.6) is 11.5 Å². The van der Waals surface area contributed by atoms with Crippen molar-refractivity contribution >= 4 is 12.6 Å². The van der Waals surface area contributed by atoms with E-state index in [0.29, 0.717) is 19.1 Å². The Hall–Kier alpha value is -0.870. The van der Waals surface area contributed by atoms with Crippen LogP contribution in [0.4, 0.5) is 0 Å². The van der Waals surface area contributed by atoms with E-state index in [9.17, 15) is 0 Å². The van der Waals surface area contributed by atoms with Gasteiger partial charge in [0.05, 0.1) is 0 Å². The molecule has 15 heavy (non-hydrogen) atoms. The van der Waals surface area contributed by atoms with Gasteiger partial charge in [-0.1, -0.05) is 6.07 Å². The summed E-state index contributed by atoms with van der Waals surface area (Å²) in [6.45, 7) is 2.22. The zero-order valence-corrected chi connectivity index (χ0v) is 9.43. The van der Waals surface area contributed by atoms with Gasteiger partial charge in [0, 0.05) is 5.88 Å². The first-order valence-electron chi connectivity index (χ1n) is 5.10. The molecule has 0 fully saturated rings. The van der Waals surface area contributed by atoms with Gasteiger partial charge in [-0.05, 0) is 30.7 Å². The minimum absolute atomic E-state index is 0.644. The molecule has 1 aliphatic heterocycles. The predicted octanol–water partition coefficient (Wildman–Crippen LogP) is 1.48. The molecule has 1 aliphatic rings. The third-order valence-electron chi connectivity index (χ3n) is 2.31. The molecule has 1 N–H and O–H groups in total. The van der Waals surface area contributed by atoms with E-state index in [4.69, 9.17) is 9.47 Å². The first-order chi connectivity index (χ1) is 7.40. The van der Waals surface area contributed by atoms with Crippen LogP contribution in [0.2, 0.25) is 0 Å². The van der Waals surface area contributed by atoms with Gasteiger partial charge >= 0.3 is 0 Å². The SMILES string of the molecule is SCNCCc1ccc2c(c1)OCCO2. The van der Waals surface area contributed by atoms with Crippen molar-refractivity contribution in [2.45, 2.75) is 6.42 Å². The summed E-state index contributed by atoms with van der Waals surface area (Å²) in [7, 11) is 0. The lowest BCUT2D eigenvalue weighted by molar-refractivity contribution is 0.171. The highest BCUT2D eigenvalue weighted by molar-refractivity contribution is 7.80. The molecule has 2 rings (SSSR count). The van der Waals surface area contributed by atoms with Crippen molar-refractivity contribution in [3.8, 4) is 11.5 Å². The maximum atomic E-state index is 5.51. The molecule has 1 aromatic carbocycles. The lowest BCUT2D eigenvalue weighted by Crippen LogP contribution is -2.17. The Labute approximate surface area is 95.2 Å². The topological polar surface area (TPSA) is 30.5 Å². The maximum absolute atomic E-state index is 5.51. The summed E-state index contributed by atoms with van der Waals surface area (Å²) in [4.78, 5) is 0. The number of benzene rings is 1. The highest BCUT2D eigenvalue weighted by atomic mass is 32.1. The molecule has 0 atom stereocenters. The molecule has 0 aliphatic carbocycles. The van der Waals surface area contributed by atoms with Crippen LogP contribution >= 0.6 is 12.6 Å². The van der Waals surface area contributed by atoms with Crippen LogP contribution in [-0.2, 0) is 6.42 Å². The molecule has 0 bridgehead atoms. The van der Waals surface area contributed by atoms with Gasteiger partial charge < -0.3 is 14.8 Å². The molecule has 1 aromatic rings. The Morgan fingerprint density at radius 2 is 2.00 bits per heavy atom. The van der Waals surface area contributed by atoms with Crippen LogP contribution < -0.4 is 14.8 Å². The second-order valence-electron chi connectivity index (χ2n) is 3.39. The molecule has 4 heteroatoms. The molecule has 0 spiro atoms. The Kier molecular flexibility index (Phi) is 3.75. The van der Waals surface area contributed by atoms with Crippen molar-refractivity contribution in [3.05, 3.63) is 23.8 Å². The third-order valence-corrected chi connectivity index (χ3v) is 2.53. The normalized spacial score (nSPS) is 13.9. The fourth-order valence-corrected chi connectivity index (χ4v) is 1.71. The Balaban J connectivity index is 2.00. The Bertz CT molecular complexity index is 330. The van der Waals surface area contributed by atoms with Gasteiger partial charge in [-0.15, -0.1) is 0 Å². The number of ether oxygens (including phenoxy) is 2. The van der Waals surface area contributed by atoms with E-state index < -0.39 is 0 Å². The second-order valence-corrected chi connectivity index (χ2v) is 3.70. The number of rotatable bonds is 4. The number of fused-ring (bicyclic) bond motifs is 1. The molecule has 82 valence electrons. The Morgan fingerprint density at radius 1 is 1.20 bits per heavy atom. The summed E-state index contributed by atoms with van der Waals surface area (Å²) >= 11 is 4.09. The average Bonchev–Trinajstić information content (AvgIpc) is 2.29. The fraction of sp³-hybridized carbons (Fsp3) is 0.455. The molecule has 0 unspecified atom stereocenters. The van der Waals surface area contributed by atoms with Crippen LogP contribution in [0, 0.1) is 0 Å². The first kappa shape index (κ1) is 10.6. The zero-order chi connectivity index (χ0) is 10.5. The van der Waals surface area contributed by atoms with E-state index in [-0.39, 0.29) is 0 Å². The van der Waals surface area contributed by atoms with Crippen LogP contribution in [0.15, 0.2) is 18.2 Å². The monoisotopic (exact) mass is 225 g/mol. The average molecular weight is 225 g/mol. The molecule has 0 saturated heterocycles. The molecule has 0 amide bonds. The summed E-state index contributed by atoms with van der Waals surface area (Å²) in [5.74, 6) is 2.43. The first-order valence-corrected chi connectivity index (χ1v) is 5.73. The highest BCUT2D eigenvalue weighted by Gasteiger charge is 2.11. The lowest BCUT2D eigenvalue weighted by atomic mass is 10.1. The molecular formula is C11H15NO2S. The van der Waals surface area contributed by atoms with Gasteiger partial charge in [-0.3, -0.25) is 0 Å². The van der Waals surface area contributed by atoms with Gasteiger partial charge in [0.1, 0.15) is 13.2 Å². The van der Waals surface area contributed by atoms with Gasteiger partial charge in [-0.25, -0.2) is 0 Å². The quantitative estimate of drug-likeness (QED) is 0.462. The number of hydrogen-bond acceptors (Lipinski definition) is 4. The fourth-order valence-electron chi connectivity index (χ4n) is 1.56. The smallest absolute Gasteiger partial charge is 0.161 e. The second kappa shape index (κ2) is 5.28. The molecule has 3 nitrogen and oxygen atoms in total. The van der Waals surface area contributed by atoms with Crippen molar-refractivity contribution < 1.29 is 9.47 Å². The van der Waals surface area contributed by atoms with Crippen molar-refractivity contribution in [3.63, 3.8) is 0 Å². The van der Waals surface area contributed by atoms with Gasteiger partial charge in [0.25, 0.3) is 0 Å². The molecule has 0 aromatic heterocycles. The van der Waals surface area contributed by atoms with E-state index in [1.165, 1.54) is 5.56 Å². The van der Waals surface area contributed by atoms with E-state index in [1.54, 1.807) is 0 Å². The number of hydrogen-bond donors (Lipinski definition) is 2. The lowest BCUT2D eigenvalue weighted by Gasteiger charge is -2.18. The van der Waals surface area contributed by atoms with Crippen molar-refractivity contribution in [1.82, 2.24) is 5.32 Å². The zero-order valence-electron chi connectivity index (χ0n) is 8.53. The highest BCUT2D eigenvalue weighted by Crippen LogP contribution is 2.30. The van der Waals surface area contributed by atoms with Gasteiger partial charge in [-0.2, -0.15) is 12.6 Å². The molecular weight excluding hydrogens is 210 g/mol. The van der Waals surface area contributed by atoms with Crippen molar-refractivity contribution in [2.24, 2.45) is 0 Å². The van der Waals surface area contributed by atoms with Crippen molar-refractivity contribution in [1.29, 1.82) is 0 Å². The van der Waals surface area contributed by atoms with E-state index in [1.807, 2.05) is 6.07 Å². The molecule has 0 saturated carbocycles. The third kappa shape index (κ3) is 2.79. The largest absolute Gasteiger partial charge is 0.486 e. The minimum Gasteiger partial charge on any atom is -0.486 e. The minimum atomic E-state index is 0.644. The van der Waals surface area contributed by atoms with Crippen LogP contribution in [-0.4, -0.2) is 25.6 Å². The summed E-state index contributed by atoms with van der Waals surface area (Å²) in [5, 5.41) is 3.17. The molecule has 0 radical (unpaired) electrons. The van der Waals surface area contributed by atoms with E-state index >= 15 is 0 Å². The number of nitrogens with one attached hydrogen (secondary N) is 1. The summed E-state index contributed by atoms with van der Waals surface area (Å²) in [5.41, 5.74) is 1.26. The standard InChI is InChI=1S/C11H15NO2S/c15-8-12-4-3-9-1-2-10-11(7-9)14-6-5-13-10/h1-2,7,12,15H,3-6,8H2.